The lowest BCUT2D eigenvalue weighted by Crippen LogP contribution is -2.43. The van der Waals surface area contributed by atoms with E-state index in [4.69, 9.17) is 14.6 Å². The first-order valence-electron chi connectivity index (χ1n) is 7.99. The molecule has 1 fully saturated rings. The van der Waals surface area contributed by atoms with Crippen LogP contribution in [0.1, 0.15) is 31.7 Å². The highest BCUT2D eigenvalue weighted by molar-refractivity contribution is 5.84. The molecule has 1 saturated carbocycles. The molecule has 1 atom stereocenters. The predicted molar refractivity (Wildman–Crippen MR) is 90.1 cm³/mol. The average Bonchev–Trinajstić information content (AvgIpc) is 3.37. The van der Waals surface area contributed by atoms with Gasteiger partial charge in [0, 0.05) is 0 Å². The van der Waals surface area contributed by atoms with Crippen LogP contribution >= 0.6 is 0 Å². The van der Waals surface area contributed by atoms with E-state index in [-0.39, 0.29) is 6.61 Å². The lowest BCUT2D eigenvalue weighted by molar-refractivity contribution is -0.142. The van der Waals surface area contributed by atoms with Crippen molar-refractivity contribution in [3.63, 3.8) is 0 Å². The molecular formula is C18H23NO5. The van der Waals surface area contributed by atoms with Crippen LogP contribution in [0.25, 0.3) is 6.08 Å². The summed E-state index contributed by atoms with van der Waals surface area (Å²) in [6.45, 7) is 1.66. The summed E-state index contributed by atoms with van der Waals surface area (Å²) in [7, 11) is 1.53. The lowest BCUT2D eigenvalue weighted by atomic mass is 10.1. The molecule has 24 heavy (non-hydrogen) atoms. The zero-order valence-electron chi connectivity index (χ0n) is 14.0. The van der Waals surface area contributed by atoms with E-state index in [2.05, 4.69) is 5.32 Å². The Hall–Kier alpha value is -2.50. The second-order valence-corrected chi connectivity index (χ2v) is 5.84. The van der Waals surface area contributed by atoms with Gasteiger partial charge >= 0.3 is 5.97 Å². The van der Waals surface area contributed by atoms with Gasteiger partial charge in [0.1, 0.15) is 6.04 Å². The highest BCUT2D eigenvalue weighted by atomic mass is 16.5. The maximum atomic E-state index is 12.0. The van der Waals surface area contributed by atoms with Crippen molar-refractivity contribution in [3.05, 3.63) is 29.8 Å². The Morgan fingerprint density at radius 2 is 2.12 bits per heavy atom. The number of benzene rings is 1. The molecule has 0 bridgehead atoms. The molecule has 2 rings (SSSR count). The first-order chi connectivity index (χ1) is 11.5. The summed E-state index contributed by atoms with van der Waals surface area (Å²) in [5.41, 5.74) is 0.960. The molecule has 1 aromatic rings. The number of carbonyl (C=O) groups is 2. The second-order valence-electron chi connectivity index (χ2n) is 5.84. The number of hydrogen-bond donors (Lipinski definition) is 2. The number of rotatable bonds is 9. The Kier molecular flexibility index (Phi) is 6.23. The molecule has 6 heteroatoms. The molecule has 1 aliphatic carbocycles. The van der Waals surface area contributed by atoms with Gasteiger partial charge in [-0.25, -0.2) is 4.79 Å². The van der Waals surface area contributed by atoms with Crippen LogP contribution in [0.2, 0.25) is 0 Å². The maximum absolute atomic E-state index is 12.0. The Bertz CT molecular complexity index is 622. The summed E-state index contributed by atoms with van der Waals surface area (Å²) in [5, 5.41) is 11.7. The highest BCUT2D eigenvalue weighted by Gasteiger charge is 2.30. The van der Waals surface area contributed by atoms with Gasteiger partial charge < -0.3 is 19.9 Å². The molecule has 1 aromatic carbocycles. The minimum atomic E-state index is -1.01. The van der Waals surface area contributed by atoms with Crippen LogP contribution in [-0.4, -0.2) is 36.7 Å². The van der Waals surface area contributed by atoms with Crippen molar-refractivity contribution >= 4 is 18.0 Å². The third-order valence-electron chi connectivity index (χ3n) is 3.80. The number of allylic oxidation sites excluding steroid dienone is 1. The average molecular weight is 333 g/mol. The van der Waals surface area contributed by atoms with Crippen molar-refractivity contribution < 1.29 is 24.2 Å². The molecule has 0 saturated heterocycles. The van der Waals surface area contributed by atoms with Crippen molar-refractivity contribution in [2.24, 2.45) is 5.92 Å². The van der Waals surface area contributed by atoms with E-state index in [9.17, 15) is 9.59 Å². The molecule has 0 heterocycles. The molecule has 1 unspecified atom stereocenters. The minimum absolute atomic E-state index is 0.256. The van der Waals surface area contributed by atoms with Crippen molar-refractivity contribution in [2.45, 2.75) is 32.2 Å². The van der Waals surface area contributed by atoms with E-state index in [0.29, 0.717) is 23.8 Å². The summed E-state index contributed by atoms with van der Waals surface area (Å²) in [6, 6.07) is 4.52. The van der Waals surface area contributed by atoms with E-state index < -0.39 is 17.9 Å². The largest absolute Gasteiger partial charge is 0.493 e. The van der Waals surface area contributed by atoms with Gasteiger partial charge in [0.25, 0.3) is 5.91 Å². The third kappa shape index (κ3) is 5.30. The Labute approximate surface area is 141 Å². The molecule has 0 spiro atoms. The van der Waals surface area contributed by atoms with Crippen LogP contribution in [0, 0.1) is 5.92 Å². The predicted octanol–water partition coefficient (Wildman–Crippen LogP) is 2.48. The van der Waals surface area contributed by atoms with E-state index in [1.54, 1.807) is 12.1 Å². The topological polar surface area (TPSA) is 84.9 Å². The SMILES string of the molecule is C/C=C/c1ccc(OCC(=O)NC(CC2CC2)C(=O)O)c(OC)c1. The fraction of sp³-hybridized carbons (Fsp3) is 0.444. The number of ether oxygens (including phenoxy) is 2. The van der Waals surface area contributed by atoms with Gasteiger partial charge in [0.05, 0.1) is 7.11 Å². The minimum Gasteiger partial charge on any atom is -0.493 e. The number of aliphatic carboxylic acids is 1. The van der Waals surface area contributed by atoms with Gasteiger partial charge in [-0.15, -0.1) is 0 Å². The molecule has 130 valence electrons. The Morgan fingerprint density at radius 1 is 1.38 bits per heavy atom. The zero-order valence-corrected chi connectivity index (χ0v) is 14.0. The smallest absolute Gasteiger partial charge is 0.326 e. The Morgan fingerprint density at radius 3 is 2.71 bits per heavy atom. The van der Waals surface area contributed by atoms with Gasteiger partial charge in [0.2, 0.25) is 0 Å². The molecule has 0 aromatic heterocycles. The normalized spacial score (nSPS) is 15.1. The summed E-state index contributed by atoms with van der Waals surface area (Å²) in [4.78, 5) is 23.1. The summed E-state index contributed by atoms with van der Waals surface area (Å²) in [5.74, 6) is -0.0983. The zero-order chi connectivity index (χ0) is 17.5. The first kappa shape index (κ1) is 17.8. The lowest BCUT2D eigenvalue weighted by Gasteiger charge is -2.15. The van der Waals surface area contributed by atoms with Crippen LogP contribution in [-0.2, 0) is 9.59 Å². The van der Waals surface area contributed by atoms with Crippen LogP contribution in [0.15, 0.2) is 24.3 Å². The number of amides is 1. The molecule has 1 amide bonds. The van der Waals surface area contributed by atoms with Gasteiger partial charge in [-0.2, -0.15) is 0 Å². The monoisotopic (exact) mass is 333 g/mol. The number of carboxylic acids is 1. The number of carboxylic acid groups (broad SMARTS) is 1. The summed E-state index contributed by atoms with van der Waals surface area (Å²) >= 11 is 0. The van der Waals surface area contributed by atoms with Crippen molar-refractivity contribution in [3.8, 4) is 11.5 Å². The number of methoxy groups -OCH3 is 1. The van der Waals surface area contributed by atoms with Gasteiger partial charge in [-0.05, 0) is 37.0 Å². The molecule has 2 N–H and O–H groups in total. The molecular weight excluding hydrogens is 310 g/mol. The van der Waals surface area contributed by atoms with Gasteiger partial charge in [-0.3, -0.25) is 4.79 Å². The third-order valence-corrected chi connectivity index (χ3v) is 3.80. The second kappa shape index (κ2) is 8.38. The van der Waals surface area contributed by atoms with Crippen LogP contribution in [0.3, 0.4) is 0 Å². The molecule has 6 nitrogen and oxygen atoms in total. The van der Waals surface area contributed by atoms with E-state index in [1.807, 2.05) is 25.1 Å². The number of nitrogens with one attached hydrogen (secondary N) is 1. The Balaban J connectivity index is 1.91. The summed E-state index contributed by atoms with van der Waals surface area (Å²) in [6.07, 6.45) is 6.38. The van der Waals surface area contributed by atoms with E-state index >= 15 is 0 Å². The van der Waals surface area contributed by atoms with Crippen LogP contribution in [0.5, 0.6) is 11.5 Å². The van der Waals surface area contributed by atoms with Crippen LogP contribution < -0.4 is 14.8 Å². The fourth-order valence-corrected chi connectivity index (χ4v) is 2.39. The van der Waals surface area contributed by atoms with Gasteiger partial charge in [-0.1, -0.05) is 31.1 Å². The number of carbonyl (C=O) groups excluding carboxylic acids is 1. The maximum Gasteiger partial charge on any atom is 0.326 e. The summed E-state index contributed by atoms with van der Waals surface area (Å²) < 4.78 is 10.7. The molecule has 0 radical (unpaired) electrons. The highest BCUT2D eigenvalue weighted by Crippen LogP contribution is 2.33. The standard InChI is InChI=1S/C18H23NO5/c1-3-4-12-7-8-15(16(10-12)23-2)24-11-17(20)19-14(18(21)22)9-13-5-6-13/h3-4,7-8,10,13-14H,5-6,9,11H2,1-2H3,(H,19,20)(H,21,22)/b4-3+. The van der Waals surface area contributed by atoms with Gasteiger partial charge in [0.15, 0.2) is 18.1 Å². The fourth-order valence-electron chi connectivity index (χ4n) is 2.39. The number of hydrogen-bond acceptors (Lipinski definition) is 4. The van der Waals surface area contributed by atoms with E-state index in [0.717, 1.165) is 18.4 Å². The van der Waals surface area contributed by atoms with Crippen molar-refractivity contribution in [1.29, 1.82) is 0 Å². The van der Waals surface area contributed by atoms with E-state index in [1.165, 1.54) is 7.11 Å². The van der Waals surface area contributed by atoms with Crippen LogP contribution in [0.4, 0.5) is 0 Å². The van der Waals surface area contributed by atoms with Crippen molar-refractivity contribution in [1.82, 2.24) is 5.32 Å². The quantitative estimate of drug-likeness (QED) is 0.725. The van der Waals surface area contributed by atoms with Crippen molar-refractivity contribution in [2.75, 3.05) is 13.7 Å². The molecule has 0 aliphatic heterocycles. The first-order valence-corrected chi connectivity index (χ1v) is 7.99. The molecule has 1 aliphatic rings.